The molecule has 0 aliphatic carbocycles. The van der Waals surface area contributed by atoms with Gasteiger partial charge >= 0.3 is 0 Å². The van der Waals surface area contributed by atoms with Crippen LogP contribution in [-0.4, -0.2) is 33.1 Å². The lowest BCUT2D eigenvalue weighted by atomic mass is 10.1. The van der Waals surface area contributed by atoms with Crippen LogP contribution in [0.2, 0.25) is 0 Å². The Labute approximate surface area is 109 Å². The summed E-state index contributed by atoms with van der Waals surface area (Å²) in [5, 5.41) is 0. The lowest BCUT2D eigenvalue weighted by Crippen LogP contribution is -2.16. The third-order valence-corrected chi connectivity index (χ3v) is 4.33. The van der Waals surface area contributed by atoms with Gasteiger partial charge in [-0.3, -0.25) is 0 Å². The molecule has 0 amide bonds. The van der Waals surface area contributed by atoms with Crippen LogP contribution in [0.5, 0.6) is 5.75 Å². The second-order valence-corrected chi connectivity index (χ2v) is 6.49. The molecule has 0 radical (unpaired) electrons. The fraction of sp³-hybridized carbons (Fsp3) is 0.538. The quantitative estimate of drug-likeness (QED) is 0.775. The smallest absolute Gasteiger partial charge is 0.153 e. The van der Waals surface area contributed by atoms with Crippen molar-refractivity contribution in [2.24, 2.45) is 5.73 Å². The minimum Gasteiger partial charge on any atom is -0.493 e. The molecule has 2 N–H and O–H groups in total. The molecule has 0 bridgehead atoms. The number of hydrogen-bond acceptors (Lipinski definition) is 4. The average molecular weight is 271 g/mol. The monoisotopic (exact) mass is 271 g/mol. The van der Waals surface area contributed by atoms with E-state index in [1.54, 1.807) is 0 Å². The van der Waals surface area contributed by atoms with Gasteiger partial charge in [-0.05, 0) is 37.1 Å². The Kier molecular flexibility index (Phi) is 6.15. The number of rotatable bonds is 8. The summed E-state index contributed by atoms with van der Waals surface area (Å²) in [5.41, 5.74) is 6.58. The van der Waals surface area contributed by atoms with Gasteiger partial charge in [0.25, 0.3) is 0 Å². The predicted molar refractivity (Wildman–Crippen MR) is 73.6 cm³/mol. The van der Waals surface area contributed by atoms with Gasteiger partial charge in [0.2, 0.25) is 0 Å². The predicted octanol–water partition coefficient (Wildman–Crippen LogP) is 1.39. The molecule has 1 aromatic carbocycles. The number of benzene rings is 1. The third kappa shape index (κ3) is 5.51. The lowest BCUT2D eigenvalue weighted by Gasteiger charge is -2.08. The molecule has 0 atom stereocenters. The van der Waals surface area contributed by atoms with Crippen molar-refractivity contribution in [3.05, 3.63) is 29.8 Å². The molecule has 102 valence electrons. The first kappa shape index (κ1) is 15.0. The van der Waals surface area contributed by atoms with Gasteiger partial charge in [-0.2, -0.15) is 0 Å². The molecule has 0 unspecified atom stereocenters. The van der Waals surface area contributed by atoms with E-state index in [-0.39, 0.29) is 18.1 Å². The minimum atomic E-state index is -2.97. The van der Waals surface area contributed by atoms with Gasteiger partial charge in [-0.25, -0.2) is 8.42 Å². The van der Waals surface area contributed by atoms with Gasteiger partial charge in [-0.15, -0.1) is 0 Å². The van der Waals surface area contributed by atoms with Gasteiger partial charge in [0.15, 0.2) is 9.84 Å². The summed E-state index contributed by atoms with van der Waals surface area (Å²) in [6.07, 6.45) is 1.44. The van der Waals surface area contributed by atoms with Crippen molar-refractivity contribution < 1.29 is 13.2 Å². The molecule has 0 heterocycles. The molecule has 1 rings (SSSR count). The van der Waals surface area contributed by atoms with E-state index in [1.807, 2.05) is 31.2 Å². The first-order chi connectivity index (χ1) is 8.57. The minimum absolute atomic E-state index is 0.0714. The van der Waals surface area contributed by atoms with E-state index in [4.69, 9.17) is 10.5 Å². The van der Waals surface area contributed by atoms with Gasteiger partial charge < -0.3 is 10.5 Å². The summed E-state index contributed by atoms with van der Waals surface area (Å²) >= 11 is 0. The Hall–Kier alpha value is -1.07. The SMILES string of the molecule is CCCS(=O)(=O)CCOc1cccc(CCN)c1. The largest absolute Gasteiger partial charge is 0.493 e. The van der Waals surface area contributed by atoms with Crippen LogP contribution < -0.4 is 10.5 Å². The Balaban J connectivity index is 2.46. The maximum absolute atomic E-state index is 11.5. The lowest BCUT2D eigenvalue weighted by molar-refractivity contribution is 0.340. The molecule has 0 aliphatic rings. The summed E-state index contributed by atoms with van der Waals surface area (Å²) in [6, 6.07) is 7.60. The Morgan fingerprint density at radius 2 is 2.06 bits per heavy atom. The summed E-state index contributed by atoms with van der Waals surface area (Å²) < 4.78 is 28.4. The van der Waals surface area contributed by atoms with Crippen LogP contribution in [0.15, 0.2) is 24.3 Å². The van der Waals surface area contributed by atoms with Crippen LogP contribution in [0, 0.1) is 0 Å². The third-order valence-electron chi connectivity index (χ3n) is 2.51. The molecule has 0 saturated heterocycles. The maximum Gasteiger partial charge on any atom is 0.153 e. The van der Waals surface area contributed by atoms with E-state index in [0.29, 0.717) is 18.7 Å². The van der Waals surface area contributed by atoms with Crippen LogP contribution in [0.3, 0.4) is 0 Å². The molecule has 0 spiro atoms. The summed E-state index contributed by atoms with van der Waals surface area (Å²) in [7, 11) is -2.97. The Morgan fingerprint density at radius 3 is 2.72 bits per heavy atom. The Morgan fingerprint density at radius 1 is 1.28 bits per heavy atom. The van der Waals surface area contributed by atoms with E-state index in [2.05, 4.69) is 0 Å². The zero-order valence-corrected chi connectivity index (χ0v) is 11.6. The van der Waals surface area contributed by atoms with Crippen molar-refractivity contribution in [3.8, 4) is 5.75 Å². The Bertz CT molecular complexity index is 457. The van der Waals surface area contributed by atoms with Gasteiger partial charge in [0, 0.05) is 0 Å². The molecule has 0 saturated carbocycles. The van der Waals surface area contributed by atoms with Crippen molar-refractivity contribution in [2.75, 3.05) is 24.7 Å². The topological polar surface area (TPSA) is 69.4 Å². The molecule has 4 nitrogen and oxygen atoms in total. The van der Waals surface area contributed by atoms with E-state index in [1.165, 1.54) is 0 Å². The molecule has 0 fully saturated rings. The van der Waals surface area contributed by atoms with Crippen molar-refractivity contribution in [2.45, 2.75) is 19.8 Å². The zero-order valence-electron chi connectivity index (χ0n) is 10.8. The number of nitrogens with two attached hydrogens (primary N) is 1. The number of ether oxygens (including phenoxy) is 1. The fourth-order valence-corrected chi connectivity index (χ4v) is 2.82. The number of sulfone groups is 1. The van der Waals surface area contributed by atoms with Crippen LogP contribution >= 0.6 is 0 Å². The normalized spacial score (nSPS) is 11.4. The van der Waals surface area contributed by atoms with Crippen molar-refractivity contribution >= 4 is 9.84 Å². The highest BCUT2D eigenvalue weighted by Gasteiger charge is 2.09. The summed E-state index contributed by atoms with van der Waals surface area (Å²) in [4.78, 5) is 0. The van der Waals surface area contributed by atoms with Crippen LogP contribution in [-0.2, 0) is 16.3 Å². The van der Waals surface area contributed by atoms with E-state index >= 15 is 0 Å². The van der Waals surface area contributed by atoms with E-state index < -0.39 is 9.84 Å². The van der Waals surface area contributed by atoms with E-state index in [0.717, 1.165) is 12.0 Å². The zero-order chi connectivity index (χ0) is 13.4. The van der Waals surface area contributed by atoms with Crippen LogP contribution in [0.1, 0.15) is 18.9 Å². The highest BCUT2D eigenvalue weighted by atomic mass is 32.2. The molecule has 0 aromatic heterocycles. The second-order valence-electron chi connectivity index (χ2n) is 4.19. The fourth-order valence-electron chi connectivity index (χ4n) is 1.66. The molecule has 5 heteroatoms. The molecular formula is C13H21NO3S. The summed E-state index contributed by atoms with van der Waals surface area (Å²) in [6.45, 7) is 2.65. The highest BCUT2D eigenvalue weighted by molar-refractivity contribution is 7.91. The highest BCUT2D eigenvalue weighted by Crippen LogP contribution is 2.13. The van der Waals surface area contributed by atoms with Crippen molar-refractivity contribution in [1.82, 2.24) is 0 Å². The van der Waals surface area contributed by atoms with Gasteiger partial charge in [0.1, 0.15) is 12.4 Å². The standard InChI is InChI=1S/C13H21NO3S/c1-2-9-18(15,16)10-8-17-13-5-3-4-12(11-13)6-7-14/h3-5,11H,2,6-10,14H2,1H3. The van der Waals surface area contributed by atoms with Gasteiger partial charge in [0.05, 0.1) is 11.5 Å². The number of hydrogen-bond donors (Lipinski definition) is 1. The van der Waals surface area contributed by atoms with Crippen molar-refractivity contribution in [1.29, 1.82) is 0 Å². The first-order valence-electron chi connectivity index (χ1n) is 6.19. The first-order valence-corrected chi connectivity index (χ1v) is 8.02. The van der Waals surface area contributed by atoms with Crippen LogP contribution in [0.25, 0.3) is 0 Å². The average Bonchev–Trinajstić information content (AvgIpc) is 2.29. The maximum atomic E-state index is 11.5. The van der Waals surface area contributed by atoms with E-state index in [9.17, 15) is 8.42 Å². The molecular weight excluding hydrogens is 250 g/mol. The molecule has 18 heavy (non-hydrogen) atoms. The second kappa shape index (κ2) is 7.38. The molecule has 0 aliphatic heterocycles. The molecule has 1 aromatic rings. The van der Waals surface area contributed by atoms with Crippen LogP contribution in [0.4, 0.5) is 0 Å². The van der Waals surface area contributed by atoms with Gasteiger partial charge in [-0.1, -0.05) is 19.1 Å². The summed E-state index contributed by atoms with van der Waals surface area (Å²) in [5.74, 6) is 0.999. The van der Waals surface area contributed by atoms with Crippen molar-refractivity contribution in [3.63, 3.8) is 0 Å².